The molecule has 0 bridgehead atoms. The minimum atomic E-state index is -0.863. The van der Waals surface area contributed by atoms with Crippen LogP contribution in [-0.2, 0) is 16.0 Å². The van der Waals surface area contributed by atoms with Gasteiger partial charge in [0.05, 0.1) is 6.42 Å². The van der Waals surface area contributed by atoms with Gasteiger partial charge in [0, 0.05) is 28.8 Å². The highest BCUT2D eigenvalue weighted by Gasteiger charge is 2.17. The van der Waals surface area contributed by atoms with Crippen LogP contribution < -0.4 is 0 Å². The quantitative estimate of drug-likeness (QED) is 0.802. The van der Waals surface area contributed by atoms with Crippen molar-refractivity contribution < 1.29 is 14.7 Å². The van der Waals surface area contributed by atoms with Gasteiger partial charge in [-0.1, -0.05) is 0 Å². The number of carbonyl (C=O) groups is 2. The van der Waals surface area contributed by atoms with Gasteiger partial charge in [0.25, 0.3) is 0 Å². The summed E-state index contributed by atoms with van der Waals surface area (Å²) in [7, 11) is 0. The van der Waals surface area contributed by atoms with Crippen molar-refractivity contribution in [3.8, 4) is 0 Å². The van der Waals surface area contributed by atoms with Crippen LogP contribution in [0.3, 0.4) is 0 Å². The molecule has 1 amide bonds. The van der Waals surface area contributed by atoms with Gasteiger partial charge in [-0.15, -0.1) is 11.3 Å². The predicted molar refractivity (Wildman–Crippen MR) is 81.1 cm³/mol. The molecule has 0 aromatic carbocycles. The lowest BCUT2D eigenvalue weighted by Crippen LogP contribution is -2.38. The molecule has 0 aliphatic heterocycles. The highest BCUT2D eigenvalue weighted by atomic mass is 32.1. The van der Waals surface area contributed by atoms with Crippen LogP contribution >= 0.6 is 11.3 Å². The standard InChI is InChI=1S/C15H23NO3S/c1-11(2)16(10-9-15(18)19)14(17)6-4-5-13-8-7-12(3)20-13/h7-8,11H,4-6,9-10H2,1-3H3,(H,18,19). The molecule has 1 aromatic rings. The summed E-state index contributed by atoms with van der Waals surface area (Å²) >= 11 is 1.77. The van der Waals surface area contributed by atoms with E-state index in [9.17, 15) is 9.59 Å². The molecule has 0 fully saturated rings. The van der Waals surface area contributed by atoms with Crippen LogP contribution in [0, 0.1) is 6.92 Å². The summed E-state index contributed by atoms with van der Waals surface area (Å²) in [5, 5.41) is 8.72. The third-order valence-corrected chi connectivity index (χ3v) is 4.18. The molecule has 0 atom stereocenters. The van der Waals surface area contributed by atoms with Crippen molar-refractivity contribution in [3.63, 3.8) is 0 Å². The number of aryl methyl sites for hydroxylation is 2. The molecule has 4 nitrogen and oxygen atoms in total. The minimum Gasteiger partial charge on any atom is -0.481 e. The van der Waals surface area contributed by atoms with Crippen molar-refractivity contribution in [2.45, 2.75) is 52.5 Å². The molecular weight excluding hydrogens is 274 g/mol. The van der Waals surface area contributed by atoms with Crippen molar-refractivity contribution >= 4 is 23.2 Å². The Morgan fingerprint density at radius 2 is 2.00 bits per heavy atom. The van der Waals surface area contributed by atoms with Gasteiger partial charge in [0.2, 0.25) is 5.91 Å². The van der Waals surface area contributed by atoms with Crippen molar-refractivity contribution in [1.29, 1.82) is 0 Å². The van der Waals surface area contributed by atoms with Crippen molar-refractivity contribution in [2.75, 3.05) is 6.54 Å². The number of thiophene rings is 1. The molecule has 1 N–H and O–H groups in total. The zero-order valence-electron chi connectivity index (χ0n) is 12.4. The van der Waals surface area contributed by atoms with Gasteiger partial charge >= 0.3 is 5.97 Å². The Morgan fingerprint density at radius 3 is 2.50 bits per heavy atom. The number of rotatable bonds is 8. The first-order chi connectivity index (χ1) is 9.40. The Kier molecular flexibility index (Phi) is 6.71. The molecule has 112 valence electrons. The molecule has 1 aromatic heterocycles. The fourth-order valence-electron chi connectivity index (χ4n) is 2.06. The fraction of sp³-hybridized carbons (Fsp3) is 0.600. The summed E-state index contributed by atoms with van der Waals surface area (Å²) in [6.45, 7) is 6.21. The van der Waals surface area contributed by atoms with E-state index >= 15 is 0 Å². The Balaban J connectivity index is 2.39. The first-order valence-corrected chi connectivity index (χ1v) is 7.78. The first-order valence-electron chi connectivity index (χ1n) is 6.96. The summed E-state index contributed by atoms with van der Waals surface area (Å²) in [6.07, 6.45) is 2.22. The third kappa shape index (κ3) is 5.74. The van der Waals surface area contributed by atoms with E-state index in [1.165, 1.54) is 9.75 Å². The smallest absolute Gasteiger partial charge is 0.305 e. The van der Waals surface area contributed by atoms with Crippen molar-refractivity contribution in [1.82, 2.24) is 4.90 Å². The lowest BCUT2D eigenvalue weighted by atomic mass is 10.1. The lowest BCUT2D eigenvalue weighted by molar-refractivity contribution is -0.139. The van der Waals surface area contributed by atoms with E-state index in [2.05, 4.69) is 19.1 Å². The maximum atomic E-state index is 12.1. The van der Waals surface area contributed by atoms with Crippen LogP contribution in [0.15, 0.2) is 12.1 Å². The second-order valence-corrected chi connectivity index (χ2v) is 6.56. The number of carboxylic acid groups (broad SMARTS) is 1. The zero-order chi connectivity index (χ0) is 15.1. The van der Waals surface area contributed by atoms with Gasteiger partial charge in [-0.25, -0.2) is 0 Å². The van der Waals surface area contributed by atoms with Crippen molar-refractivity contribution in [2.24, 2.45) is 0 Å². The molecule has 0 saturated heterocycles. The van der Waals surface area contributed by atoms with Crippen LogP contribution in [0.5, 0.6) is 0 Å². The van der Waals surface area contributed by atoms with Gasteiger partial charge in [-0.05, 0) is 45.7 Å². The van der Waals surface area contributed by atoms with E-state index in [1.54, 1.807) is 16.2 Å². The largest absolute Gasteiger partial charge is 0.481 e. The Labute approximate surface area is 124 Å². The van der Waals surface area contributed by atoms with Crippen LogP contribution in [0.1, 0.15) is 42.9 Å². The number of hydrogen-bond donors (Lipinski definition) is 1. The van der Waals surface area contributed by atoms with Crippen molar-refractivity contribution in [3.05, 3.63) is 21.9 Å². The zero-order valence-corrected chi connectivity index (χ0v) is 13.2. The highest BCUT2D eigenvalue weighted by molar-refractivity contribution is 7.11. The second-order valence-electron chi connectivity index (χ2n) is 5.19. The molecule has 20 heavy (non-hydrogen) atoms. The van der Waals surface area contributed by atoms with Crippen LogP contribution in [-0.4, -0.2) is 34.5 Å². The Bertz CT molecular complexity index is 454. The summed E-state index contributed by atoms with van der Waals surface area (Å²) in [4.78, 5) is 27.0. The van der Waals surface area contributed by atoms with E-state index in [4.69, 9.17) is 5.11 Å². The minimum absolute atomic E-state index is 0.00798. The molecule has 0 aliphatic carbocycles. The average molecular weight is 297 g/mol. The summed E-state index contributed by atoms with van der Waals surface area (Å²) in [5.74, 6) is -0.813. The number of carbonyl (C=O) groups excluding carboxylic acids is 1. The molecule has 0 unspecified atom stereocenters. The van der Waals surface area contributed by atoms with E-state index in [0.717, 1.165) is 12.8 Å². The third-order valence-electron chi connectivity index (χ3n) is 3.12. The molecule has 0 aliphatic rings. The summed E-state index contributed by atoms with van der Waals surface area (Å²) < 4.78 is 0. The SMILES string of the molecule is Cc1ccc(CCCC(=O)N(CCC(=O)O)C(C)C)s1. The second kappa shape index (κ2) is 8.04. The Morgan fingerprint density at radius 1 is 1.30 bits per heavy atom. The van der Waals surface area contributed by atoms with Gasteiger partial charge in [0.15, 0.2) is 0 Å². The van der Waals surface area contributed by atoms with Gasteiger partial charge in [0.1, 0.15) is 0 Å². The van der Waals surface area contributed by atoms with Gasteiger partial charge in [-0.2, -0.15) is 0 Å². The number of carboxylic acids is 1. The number of aliphatic carboxylic acids is 1. The molecule has 0 radical (unpaired) electrons. The normalized spacial score (nSPS) is 10.8. The Hall–Kier alpha value is -1.36. The van der Waals surface area contributed by atoms with E-state index in [1.807, 2.05) is 13.8 Å². The molecule has 0 spiro atoms. The van der Waals surface area contributed by atoms with Crippen LogP contribution in [0.25, 0.3) is 0 Å². The predicted octanol–water partition coefficient (Wildman–Crippen LogP) is 3.09. The average Bonchev–Trinajstić information content (AvgIpc) is 2.74. The first kappa shape index (κ1) is 16.7. The van der Waals surface area contributed by atoms with E-state index in [-0.39, 0.29) is 18.4 Å². The lowest BCUT2D eigenvalue weighted by Gasteiger charge is -2.26. The fourth-order valence-corrected chi connectivity index (χ4v) is 3.00. The summed E-state index contributed by atoms with van der Waals surface area (Å²) in [5.41, 5.74) is 0. The maximum absolute atomic E-state index is 12.1. The molecule has 5 heteroatoms. The molecule has 0 saturated carbocycles. The monoisotopic (exact) mass is 297 g/mol. The van der Waals surface area contributed by atoms with Gasteiger partial charge < -0.3 is 10.0 Å². The molecule has 1 rings (SSSR count). The topological polar surface area (TPSA) is 57.6 Å². The number of amides is 1. The number of hydrogen-bond acceptors (Lipinski definition) is 3. The van der Waals surface area contributed by atoms with Crippen LogP contribution in [0.4, 0.5) is 0 Å². The molecular formula is C15H23NO3S. The number of nitrogens with zero attached hydrogens (tertiary/aromatic N) is 1. The molecule has 1 heterocycles. The van der Waals surface area contributed by atoms with Gasteiger partial charge in [-0.3, -0.25) is 9.59 Å². The highest BCUT2D eigenvalue weighted by Crippen LogP contribution is 2.17. The maximum Gasteiger partial charge on any atom is 0.305 e. The van der Waals surface area contributed by atoms with Crippen LogP contribution in [0.2, 0.25) is 0 Å². The van der Waals surface area contributed by atoms with E-state index in [0.29, 0.717) is 13.0 Å². The van der Waals surface area contributed by atoms with E-state index < -0.39 is 5.97 Å². The summed E-state index contributed by atoms with van der Waals surface area (Å²) in [6, 6.07) is 4.25.